The van der Waals surface area contributed by atoms with E-state index in [0.29, 0.717) is 12.5 Å². The molecular weight excluding hydrogens is 235 g/mol. The molecule has 1 aliphatic carbocycles. The molecule has 4 nitrogen and oxygen atoms in total. The topological polar surface area (TPSA) is 55.1 Å². The third-order valence-electron chi connectivity index (χ3n) is 3.20. The van der Waals surface area contributed by atoms with Crippen molar-refractivity contribution in [3.8, 4) is 0 Å². The van der Waals surface area contributed by atoms with E-state index in [1.807, 2.05) is 4.57 Å². The molecule has 0 radical (unpaired) electrons. The highest BCUT2D eigenvalue weighted by molar-refractivity contribution is 5.76. The van der Waals surface area contributed by atoms with Crippen molar-refractivity contribution in [3.05, 3.63) is 29.8 Å². The molecule has 1 saturated carbocycles. The van der Waals surface area contributed by atoms with Crippen LogP contribution in [-0.2, 0) is 11.2 Å². The molecule has 1 aromatic heterocycles. The van der Waals surface area contributed by atoms with Gasteiger partial charge in [0.05, 0.1) is 17.5 Å². The Morgan fingerprint density at radius 2 is 2.28 bits per heavy atom. The molecule has 5 heteroatoms. The number of fused-ring (bicyclic) bond motifs is 1. The van der Waals surface area contributed by atoms with Crippen LogP contribution < -0.4 is 0 Å². The van der Waals surface area contributed by atoms with Crippen LogP contribution in [0.15, 0.2) is 18.2 Å². The summed E-state index contributed by atoms with van der Waals surface area (Å²) in [5.41, 5.74) is 1.52. The minimum atomic E-state index is -0.837. The van der Waals surface area contributed by atoms with Crippen LogP contribution in [0, 0.1) is 5.82 Å². The molecule has 0 atom stereocenters. The molecule has 1 aliphatic rings. The average Bonchev–Trinajstić information content (AvgIpc) is 3.08. The first-order chi connectivity index (χ1) is 8.65. The van der Waals surface area contributed by atoms with Crippen LogP contribution >= 0.6 is 0 Å². The van der Waals surface area contributed by atoms with E-state index in [4.69, 9.17) is 5.11 Å². The lowest BCUT2D eigenvalue weighted by Gasteiger charge is -2.06. The summed E-state index contributed by atoms with van der Waals surface area (Å²) in [5, 5.41) is 8.74. The molecule has 2 aromatic rings. The van der Waals surface area contributed by atoms with Gasteiger partial charge >= 0.3 is 5.97 Å². The molecule has 1 fully saturated rings. The lowest BCUT2D eigenvalue weighted by molar-refractivity contribution is -0.137. The number of aromatic nitrogens is 2. The first-order valence-corrected chi connectivity index (χ1v) is 6.03. The van der Waals surface area contributed by atoms with Gasteiger partial charge in [-0.1, -0.05) is 0 Å². The lowest BCUT2D eigenvalue weighted by atomic mass is 10.3. The summed E-state index contributed by atoms with van der Waals surface area (Å²) in [4.78, 5) is 15.1. The molecular formula is C13H13FN2O2. The van der Waals surface area contributed by atoms with E-state index >= 15 is 0 Å². The second kappa shape index (κ2) is 4.08. The Bertz CT molecular complexity index is 617. The van der Waals surface area contributed by atoms with Crippen LogP contribution in [0.25, 0.3) is 11.0 Å². The maximum atomic E-state index is 13.3. The number of aryl methyl sites for hydroxylation is 1. The van der Waals surface area contributed by atoms with E-state index in [-0.39, 0.29) is 12.2 Å². The first-order valence-electron chi connectivity index (χ1n) is 6.03. The molecule has 0 bridgehead atoms. The maximum absolute atomic E-state index is 13.3. The van der Waals surface area contributed by atoms with Crippen LogP contribution in [0.4, 0.5) is 4.39 Å². The molecule has 0 unspecified atom stereocenters. The van der Waals surface area contributed by atoms with Crippen LogP contribution in [0.3, 0.4) is 0 Å². The Labute approximate surface area is 103 Å². The van der Waals surface area contributed by atoms with Crippen molar-refractivity contribution in [2.45, 2.75) is 31.7 Å². The molecule has 1 aromatic carbocycles. The number of carbonyl (C=O) groups is 1. The maximum Gasteiger partial charge on any atom is 0.303 e. The van der Waals surface area contributed by atoms with Gasteiger partial charge in [-0.3, -0.25) is 4.79 Å². The second-order valence-corrected chi connectivity index (χ2v) is 4.66. The highest BCUT2D eigenvalue weighted by Gasteiger charge is 2.28. The molecule has 0 spiro atoms. The monoisotopic (exact) mass is 248 g/mol. The number of halogens is 1. The highest BCUT2D eigenvalue weighted by atomic mass is 19.1. The highest BCUT2D eigenvalue weighted by Crippen LogP contribution is 2.39. The van der Waals surface area contributed by atoms with Crippen molar-refractivity contribution in [1.82, 2.24) is 9.55 Å². The third-order valence-corrected chi connectivity index (χ3v) is 3.20. The van der Waals surface area contributed by atoms with Gasteiger partial charge in [-0.15, -0.1) is 0 Å². The van der Waals surface area contributed by atoms with E-state index in [1.54, 1.807) is 6.07 Å². The van der Waals surface area contributed by atoms with E-state index < -0.39 is 5.97 Å². The van der Waals surface area contributed by atoms with Gasteiger partial charge in [0.2, 0.25) is 0 Å². The first kappa shape index (κ1) is 11.2. The Hall–Kier alpha value is -1.91. The fourth-order valence-electron chi connectivity index (χ4n) is 2.25. The molecule has 0 amide bonds. The van der Waals surface area contributed by atoms with E-state index in [0.717, 1.165) is 29.7 Å². The SMILES string of the molecule is O=C(O)CCc1nc2ccc(F)cc2n1C1CC1. The van der Waals surface area contributed by atoms with Gasteiger partial charge in [0.1, 0.15) is 11.6 Å². The fourth-order valence-corrected chi connectivity index (χ4v) is 2.25. The van der Waals surface area contributed by atoms with Crippen LogP contribution in [0.1, 0.15) is 31.1 Å². The van der Waals surface area contributed by atoms with Gasteiger partial charge in [-0.05, 0) is 31.0 Å². The zero-order valence-electron chi connectivity index (χ0n) is 9.77. The zero-order chi connectivity index (χ0) is 12.7. The number of carboxylic acid groups (broad SMARTS) is 1. The minimum absolute atomic E-state index is 0.0541. The van der Waals surface area contributed by atoms with E-state index in [1.165, 1.54) is 12.1 Å². The Morgan fingerprint density at radius 3 is 2.94 bits per heavy atom. The summed E-state index contributed by atoms with van der Waals surface area (Å²) in [5.74, 6) is -0.370. The van der Waals surface area contributed by atoms with Crippen molar-refractivity contribution in [1.29, 1.82) is 0 Å². The number of rotatable bonds is 4. The van der Waals surface area contributed by atoms with Crippen molar-refractivity contribution in [2.75, 3.05) is 0 Å². The molecule has 0 aliphatic heterocycles. The van der Waals surface area contributed by atoms with Crippen LogP contribution in [0.2, 0.25) is 0 Å². The van der Waals surface area contributed by atoms with Crippen molar-refractivity contribution in [3.63, 3.8) is 0 Å². The van der Waals surface area contributed by atoms with Gasteiger partial charge in [0.15, 0.2) is 0 Å². The Morgan fingerprint density at radius 1 is 1.50 bits per heavy atom. The summed E-state index contributed by atoms with van der Waals surface area (Å²) >= 11 is 0. The van der Waals surface area contributed by atoms with Gasteiger partial charge in [-0.2, -0.15) is 0 Å². The van der Waals surface area contributed by atoms with Gasteiger partial charge < -0.3 is 9.67 Å². The summed E-state index contributed by atoms with van der Waals surface area (Å²) < 4.78 is 15.3. The number of hydrogen-bond donors (Lipinski definition) is 1. The predicted molar refractivity (Wildman–Crippen MR) is 63.9 cm³/mol. The molecule has 94 valence electrons. The second-order valence-electron chi connectivity index (χ2n) is 4.66. The molecule has 0 saturated heterocycles. The number of aliphatic carboxylic acids is 1. The Balaban J connectivity index is 2.06. The van der Waals surface area contributed by atoms with E-state index in [9.17, 15) is 9.18 Å². The predicted octanol–water partition coefficient (Wildman–Crippen LogP) is 2.53. The van der Waals surface area contributed by atoms with Gasteiger partial charge in [0, 0.05) is 12.5 Å². The Kier molecular flexibility index (Phi) is 2.54. The number of nitrogens with zero attached hydrogens (tertiary/aromatic N) is 2. The molecule has 1 heterocycles. The summed E-state index contributed by atoms with van der Waals surface area (Å²) in [7, 11) is 0. The fraction of sp³-hybridized carbons (Fsp3) is 0.385. The third kappa shape index (κ3) is 1.96. The summed E-state index contributed by atoms with van der Waals surface area (Å²) in [6.07, 6.45) is 2.56. The largest absolute Gasteiger partial charge is 0.481 e. The smallest absolute Gasteiger partial charge is 0.303 e. The van der Waals surface area contributed by atoms with Crippen molar-refractivity contribution < 1.29 is 14.3 Å². The summed E-state index contributed by atoms with van der Waals surface area (Å²) in [6, 6.07) is 4.87. The minimum Gasteiger partial charge on any atom is -0.481 e. The molecule has 3 rings (SSSR count). The quantitative estimate of drug-likeness (QED) is 0.904. The van der Waals surface area contributed by atoms with Crippen LogP contribution in [0.5, 0.6) is 0 Å². The van der Waals surface area contributed by atoms with Gasteiger partial charge in [0.25, 0.3) is 0 Å². The normalized spacial score (nSPS) is 15.2. The average molecular weight is 248 g/mol. The van der Waals surface area contributed by atoms with Crippen molar-refractivity contribution >= 4 is 17.0 Å². The number of carboxylic acids is 1. The van der Waals surface area contributed by atoms with Crippen LogP contribution in [-0.4, -0.2) is 20.6 Å². The number of hydrogen-bond acceptors (Lipinski definition) is 2. The summed E-state index contributed by atoms with van der Waals surface area (Å²) in [6.45, 7) is 0. The van der Waals surface area contributed by atoms with Gasteiger partial charge in [-0.25, -0.2) is 9.37 Å². The van der Waals surface area contributed by atoms with E-state index in [2.05, 4.69) is 4.98 Å². The zero-order valence-corrected chi connectivity index (χ0v) is 9.77. The molecule has 1 N–H and O–H groups in total. The lowest BCUT2D eigenvalue weighted by Crippen LogP contribution is -2.05. The van der Waals surface area contributed by atoms with Crippen molar-refractivity contribution in [2.24, 2.45) is 0 Å². The molecule has 18 heavy (non-hydrogen) atoms. The number of benzene rings is 1. The number of imidazole rings is 1. The standard InChI is InChI=1S/C13H13FN2O2/c14-8-1-4-10-11(7-8)16(9-2-3-9)12(15-10)5-6-13(17)18/h1,4,7,9H,2-3,5-6H2,(H,17,18).